The Balaban J connectivity index is 1.93. The lowest BCUT2D eigenvalue weighted by atomic mass is 10.0. The van der Waals surface area contributed by atoms with Crippen molar-refractivity contribution in [3.05, 3.63) is 35.9 Å². The highest BCUT2D eigenvalue weighted by molar-refractivity contribution is 5.79. The van der Waals surface area contributed by atoms with Crippen molar-refractivity contribution in [1.29, 1.82) is 0 Å². The average Bonchev–Trinajstić information content (AvgIpc) is 2.63. The number of carbonyl (C=O) groups is 1. The van der Waals surface area contributed by atoms with Gasteiger partial charge in [-0.3, -0.25) is 4.79 Å². The van der Waals surface area contributed by atoms with E-state index in [9.17, 15) is 4.79 Å². The van der Waals surface area contributed by atoms with Gasteiger partial charge in [0.05, 0.1) is 0 Å². The summed E-state index contributed by atoms with van der Waals surface area (Å²) in [7, 11) is 0. The Morgan fingerprint density at radius 2 is 2.06 bits per heavy atom. The number of hydrogen-bond donors (Lipinski definition) is 1. The van der Waals surface area contributed by atoms with Gasteiger partial charge in [-0.25, -0.2) is 0 Å². The van der Waals surface area contributed by atoms with E-state index in [-0.39, 0.29) is 11.9 Å². The highest BCUT2D eigenvalue weighted by Crippen LogP contribution is 2.24. The van der Waals surface area contributed by atoms with Gasteiger partial charge < -0.3 is 10.6 Å². The number of hydrogen-bond acceptors (Lipinski definition) is 2. The van der Waals surface area contributed by atoms with E-state index < -0.39 is 0 Å². The summed E-state index contributed by atoms with van der Waals surface area (Å²) in [5.74, 6) is 0.585. The molecule has 1 aliphatic rings. The van der Waals surface area contributed by atoms with E-state index in [1.54, 1.807) is 0 Å². The predicted octanol–water partition coefficient (Wildman–Crippen LogP) is 1.42. The molecule has 1 aliphatic heterocycles. The van der Waals surface area contributed by atoms with Crippen LogP contribution >= 0.6 is 0 Å². The molecule has 2 unspecified atom stereocenters. The van der Waals surface area contributed by atoms with Gasteiger partial charge in [-0.1, -0.05) is 30.3 Å². The topological polar surface area (TPSA) is 46.3 Å². The van der Waals surface area contributed by atoms with Crippen LogP contribution in [0.1, 0.15) is 18.9 Å². The average molecular weight is 232 g/mol. The predicted molar refractivity (Wildman–Crippen MR) is 68.5 cm³/mol. The molecule has 2 rings (SSSR count). The highest BCUT2D eigenvalue weighted by Gasteiger charge is 2.35. The van der Waals surface area contributed by atoms with Crippen LogP contribution in [0.2, 0.25) is 0 Å². The number of nitrogens with two attached hydrogens (primary N) is 1. The number of rotatable bonds is 4. The van der Waals surface area contributed by atoms with Crippen molar-refractivity contribution in [3.8, 4) is 0 Å². The monoisotopic (exact) mass is 232 g/mol. The molecule has 2 atom stereocenters. The van der Waals surface area contributed by atoms with Crippen molar-refractivity contribution in [2.24, 2.45) is 11.7 Å². The van der Waals surface area contributed by atoms with E-state index in [1.807, 2.05) is 23.1 Å². The Morgan fingerprint density at radius 3 is 2.65 bits per heavy atom. The van der Waals surface area contributed by atoms with Gasteiger partial charge in [-0.05, 0) is 25.5 Å². The summed E-state index contributed by atoms with van der Waals surface area (Å²) < 4.78 is 0. The van der Waals surface area contributed by atoms with Crippen LogP contribution in [-0.4, -0.2) is 29.9 Å². The van der Waals surface area contributed by atoms with Crippen LogP contribution < -0.4 is 5.73 Å². The Hall–Kier alpha value is -1.35. The molecule has 0 saturated carbocycles. The van der Waals surface area contributed by atoms with E-state index in [2.05, 4.69) is 19.1 Å². The SMILES string of the molecule is CC1C(CN)CC(=O)N1CCc1ccccc1. The lowest BCUT2D eigenvalue weighted by molar-refractivity contribution is -0.128. The molecule has 1 aromatic rings. The standard InChI is InChI=1S/C14H20N2O/c1-11-13(10-15)9-14(17)16(11)8-7-12-5-3-2-4-6-12/h2-6,11,13H,7-10,15H2,1H3. The number of carbonyl (C=O) groups excluding carboxylic acids is 1. The first-order chi connectivity index (χ1) is 8.22. The zero-order chi connectivity index (χ0) is 12.3. The quantitative estimate of drug-likeness (QED) is 0.853. The zero-order valence-corrected chi connectivity index (χ0v) is 10.3. The molecule has 3 nitrogen and oxygen atoms in total. The Morgan fingerprint density at radius 1 is 1.35 bits per heavy atom. The molecule has 2 N–H and O–H groups in total. The summed E-state index contributed by atoms with van der Waals surface area (Å²) >= 11 is 0. The molecule has 1 heterocycles. The van der Waals surface area contributed by atoms with Crippen LogP contribution in [0.15, 0.2) is 30.3 Å². The number of amides is 1. The largest absolute Gasteiger partial charge is 0.339 e. The molecule has 0 aliphatic carbocycles. The lowest BCUT2D eigenvalue weighted by Gasteiger charge is -2.24. The summed E-state index contributed by atoms with van der Waals surface area (Å²) in [6, 6.07) is 10.6. The fourth-order valence-electron chi connectivity index (χ4n) is 2.50. The molecule has 1 aromatic carbocycles. The van der Waals surface area contributed by atoms with Crippen LogP contribution in [0.5, 0.6) is 0 Å². The molecule has 1 fully saturated rings. The molecule has 17 heavy (non-hydrogen) atoms. The van der Waals surface area contributed by atoms with Crippen molar-refractivity contribution < 1.29 is 4.79 Å². The third kappa shape index (κ3) is 2.67. The van der Waals surface area contributed by atoms with Gasteiger partial charge in [0.25, 0.3) is 0 Å². The maximum absolute atomic E-state index is 11.8. The molecule has 1 amide bonds. The molecule has 3 heteroatoms. The van der Waals surface area contributed by atoms with Crippen LogP contribution in [-0.2, 0) is 11.2 Å². The van der Waals surface area contributed by atoms with Crippen LogP contribution in [0, 0.1) is 5.92 Å². The normalized spacial score (nSPS) is 24.4. The Labute approximate surface area is 103 Å². The molecule has 0 radical (unpaired) electrons. The second-order valence-corrected chi connectivity index (χ2v) is 4.76. The second kappa shape index (κ2) is 5.32. The molecule has 0 aromatic heterocycles. The minimum Gasteiger partial charge on any atom is -0.339 e. The van der Waals surface area contributed by atoms with E-state index in [0.717, 1.165) is 13.0 Å². The number of benzene rings is 1. The Kier molecular flexibility index (Phi) is 3.79. The van der Waals surface area contributed by atoms with Gasteiger partial charge in [-0.2, -0.15) is 0 Å². The summed E-state index contributed by atoms with van der Waals surface area (Å²) in [6.07, 6.45) is 1.54. The third-order valence-electron chi connectivity index (χ3n) is 3.72. The first-order valence-corrected chi connectivity index (χ1v) is 6.26. The van der Waals surface area contributed by atoms with Crippen molar-refractivity contribution in [2.75, 3.05) is 13.1 Å². The zero-order valence-electron chi connectivity index (χ0n) is 10.3. The lowest BCUT2D eigenvalue weighted by Crippen LogP contribution is -2.36. The molecule has 0 spiro atoms. The number of nitrogens with zero attached hydrogens (tertiary/aromatic N) is 1. The number of likely N-dealkylation sites (tertiary alicyclic amines) is 1. The van der Waals surface area contributed by atoms with Crippen LogP contribution in [0.25, 0.3) is 0 Å². The third-order valence-corrected chi connectivity index (χ3v) is 3.72. The molecular weight excluding hydrogens is 212 g/mol. The molecule has 92 valence electrons. The smallest absolute Gasteiger partial charge is 0.223 e. The Bertz CT molecular complexity index is 377. The fraction of sp³-hybridized carbons (Fsp3) is 0.500. The van der Waals surface area contributed by atoms with Crippen molar-refractivity contribution >= 4 is 5.91 Å². The van der Waals surface area contributed by atoms with E-state index in [4.69, 9.17) is 5.73 Å². The first-order valence-electron chi connectivity index (χ1n) is 6.26. The van der Waals surface area contributed by atoms with Crippen molar-refractivity contribution in [3.63, 3.8) is 0 Å². The summed E-state index contributed by atoms with van der Waals surface area (Å²) in [5.41, 5.74) is 6.96. The molecular formula is C14H20N2O. The van der Waals surface area contributed by atoms with E-state index in [0.29, 0.717) is 18.9 Å². The first kappa shape index (κ1) is 12.1. The van der Waals surface area contributed by atoms with Gasteiger partial charge in [0.2, 0.25) is 5.91 Å². The van der Waals surface area contributed by atoms with Gasteiger partial charge in [-0.15, -0.1) is 0 Å². The highest BCUT2D eigenvalue weighted by atomic mass is 16.2. The summed E-state index contributed by atoms with van der Waals surface area (Å²) in [4.78, 5) is 13.8. The van der Waals surface area contributed by atoms with Crippen molar-refractivity contribution in [2.45, 2.75) is 25.8 Å². The van der Waals surface area contributed by atoms with Gasteiger partial charge in [0, 0.05) is 24.9 Å². The van der Waals surface area contributed by atoms with E-state index in [1.165, 1.54) is 5.56 Å². The maximum Gasteiger partial charge on any atom is 0.223 e. The van der Waals surface area contributed by atoms with Gasteiger partial charge in [0.15, 0.2) is 0 Å². The van der Waals surface area contributed by atoms with Gasteiger partial charge >= 0.3 is 0 Å². The second-order valence-electron chi connectivity index (χ2n) is 4.76. The molecule has 0 bridgehead atoms. The fourth-order valence-corrected chi connectivity index (χ4v) is 2.50. The van der Waals surface area contributed by atoms with Crippen LogP contribution in [0.3, 0.4) is 0 Å². The van der Waals surface area contributed by atoms with Crippen molar-refractivity contribution in [1.82, 2.24) is 4.90 Å². The van der Waals surface area contributed by atoms with Gasteiger partial charge in [0.1, 0.15) is 0 Å². The van der Waals surface area contributed by atoms with Crippen LogP contribution in [0.4, 0.5) is 0 Å². The minimum absolute atomic E-state index is 0.254. The molecule has 1 saturated heterocycles. The van der Waals surface area contributed by atoms with E-state index >= 15 is 0 Å². The maximum atomic E-state index is 11.8. The summed E-state index contributed by atoms with van der Waals surface area (Å²) in [6.45, 7) is 3.52. The summed E-state index contributed by atoms with van der Waals surface area (Å²) in [5, 5.41) is 0. The minimum atomic E-state index is 0.254.